The van der Waals surface area contributed by atoms with Gasteiger partial charge in [0.2, 0.25) is 0 Å². The molecular formula is C14H15Cl2N3O2. The summed E-state index contributed by atoms with van der Waals surface area (Å²) in [6, 6.07) is 1.69. The molecule has 0 radical (unpaired) electrons. The fraction of sp³-hybridized carbons (Fsp3) is 0.286. The number of anilines is 1. The van der Waals surface area contributed by atoms with Gasteiger partial charge in [0.05, 0.1) is 18.0 Å². The minimum atomic E-state index is -0.205. The molecule has 2 aromatic rings. The lowest BCUT2D eigenvalue weighted by Gasteiger charge is -2.15. The van der Waals surface area contributed by atoms with E-state index < -0.39 is 0 Å². The van der Waals surface area contributed by atoms with Crippen LogP contribution in [0, 0.1) is 13.8 Å². The molecule has 0 aliphatic heterocycles. The van der Waals surface area contributed by atoms with E-state index in [0.717, 1.165) is 5.56 Å². The van der Waals surface area contributed by atoms with Crippen molar-refractivity contribution in [2.45, 2.75) is 27.0 Å². The molecule has 2 rings (SSSR count). The molecular weight excluding hydrogens is 313 g/mol. The van der Waals surface area contributed by atoms with Crippen LogP contribution >= 0.6 is 23.2 Å². The summed E-state index contributed by atoms with van der Waals surface area (Å²) in [6.07, 6.45) is 1.54. The van der Waals surface area contributed by atoms with Gasteiger partial charge in [0.1, 0.15) is 10.9 Å². The van der Waals surface area contributed by atoms with Gasteiger partial charge in [0.15, 0.2) is 5.15 Å². The molecule has 0 bridgehead atoms. The van der Waals surface area contributed by atoms with Crippen LogP contribution in [0.5, 0.6) is 5.75 Å². The van der Waals surface area contributed by atoms with Crippen molar-refractivity contribution < 1.29 is 10.2 Å². The van der Waals surface area contributed by atoms with Gasteiger partial charge in [-0.15, -0.1) is 0 Å². The van der Waals surface area contributed by atoms with Gasteiger partial charge in [-0.2, -0.15) is 0 Å². The number of aryl methyl sites for hydroxylation is 2. The smallest absolute Gasteiger partial charge is 0.154 e. The molecule has 0 aromatic carbocycles. The first kappa shape index (κ1) is 15.8. The van der Waals surface area contributed by atoms with Crippen LogP contribution in [-0.4, -0.2) is 20.2 Å². The number of hydrogen-bond acceptors (Lipinski definition) is 5. The minimum absolute atomic E-state index is 0.0600. The zero-order valence-corrected chi connectivity index (χ0v) is 13.1. The Balaban J connectivity index is 2.31. The first-order valence-electron chi connectivity index (χ1n) is 6.27. The molecule has 0 amide bonds. The Morgan fingerprint density at radius 1 is 1.29 bits per heavy atom. The van der Waals surface area contributed by atoms with Gasteiger partial charge in [0.25, 0.3) is 0 Å². The second-order valence-electron chi connectivity index (χ2n) is 4.64. The fourth-order valence-electron chi connectivity index (χ4n) is 2.00. The van der Waals surface area contributed by atoms with Gasteiger partial charge in [-0.3, -0.25) is 4.98 Å². The molecule has 0 saturated carbocycles. The normalized spacial score (nSPS) is 10.7. The molecule has 0 aliphatic carbocycles. The summed E-state index contributed by atoms with van der Waals surface area (Å²) < 4.78 is 0. The highest BCUT2D eigenvalue weighted by molar-refractivity contribution is 6.34. The summed E-state index contributed by atoms with van der Waals surface area (Å²) in [5.74, 6) is 0.0600. The molecule has 112 valence electrons. The third-order valence-corrected chi connectivity index (χ3v) is 3.65. The van der Waals surface area contributed by atoms with Crippen molar-refractivity contribution in [2.75, 3.05) is 5.32 Å². The first-order valence-corrected chi connectivity index (χ1v) is 7.03. The number of aromatic nitrogens is 2. The molecule has 0 fully saturated rings. The lowest BCUT2D eigenvalue weighted by atomic mass is 10.1. The summed E-state index contributed by atoms with van der Waals surface area (Å²) in [6.45, 7) is 3.63. The van der Waals surface area contributed by atoms with E-state index in [1.807, 2.05) is 6.92 Å². The van der Waals surface area contributed by atoms with E-state index in [-0.39, 0.29) is 24.1 Å². The minimum Gasteiger partial charge on any atom is -0.506 e. The van der Waals surface area contributed by atoms with Crippen molar-refractivity contribution in [1.29, 1.82) is 0 Å². The van der Waals surface area contributed by atoms with Crippen LogP contribution in [0.2, 0.25) is 10.3 Å². The SMILES string of the molecule is Cc1cc(Cl)nc(Cl)c1NCc1c(CO)cnc(C)c1O. The van der Waals surface area contributed by atoms with Crippen LogP contribution in [-0.2, 0) is 13.2 Å². The number of aliphatic hydroxyl groups is 1. The maximum absolute atomic E-state index is 10.1. The third kappa shape index (κ3) is 3.37. The number of hydrogen-bond donors (Lipinski definition) is 3. The molecule has 0 saturated heterocycles. The molecule has 5 nitrogen and oxygen atoms in total. The Labute approximate surface area is 132 Å². The van der Waals surface area contributed by atoms with Gasteiger partial charge in [-0.05, 0) is 25.5 Å². The lowest BCUT2D eigenvalue weighted by Crippen LogP contribution is -2.07. The fourth-order valence-corrected chi connectivity index (χ4v) is 2.60. The Morgan fingerprint density at radius 2 is 2.00 bits per heavy atom. The second-order valence-corrected chi connectivity index (χ2v) is 5.38. The molecule has 0 aliphatic rings. The third-order valence-electron chi connectivity index (χ3n) is 3.18. The summed E-state index contributed by atoms with van der Waals surface area (Å²) in [7, 11) is 0. The number of nitrogens with one attached hydrogen (secondary N) is 1. The van der Waals surface area contributed by atoms with E-state index in [2.05, 4.69) is 15.3 Å². The van der Waals surface area contributed by atoms with Crippen molar-refractivity contribution in [3.63, 3.8) is 0 Å². The van der Waals surface area contributed by atoms with Crippen LogP contribution in [0.25, 0.3) is 0 Å². The van der Waals surface area contributed by atoms with Gasteiger partial charge in [-0.25, -0.2) is 4.98 Å². The summed E-state index contributed by atoms with van der Waals surface area (Å²) >= 11 is 11.9. The van der Waals surface area contributed by atoms with Crippen LogP contribution < -0.4 is 5.32 Å². The van der Waals surface area contributed by atoms with Crippen molar-refractivity contribution in [3.05, 3.63) is 45.0 Å². The maximum atomic E-state index is 10.1. The molecule has 0 atom stereocenters. The molecule has 3 N–H and O–H groups in total. The van der Waals surface area contributed by atoms with Gasteiger partial charge >= 0.3 is 0 Å². The van der Waals surface area contributed by atoms with Gasteiger partial charge < -0.3 is 15.5 Å². The van der Waals surface area contributed by atoms with Crippen molar-refractivity contribution in [2.24, 2.45) is 0 Å². The monoisotopic (exact) mass is 327 g/mol. The van der Waals surface area contributed by atoms with Crippen LogP contribution in [0.1, 0.15) is 22.4 Å². The molecule has 0 unspecified atom stereocenters. The van der Waals surface area contributed by atoms with Crippen molar-refractivity contribution >= 4 is 28.9 Å². The summed E-state index contributed by atoms with van der Waals surface area (Å²) in [5, 5.41) is 23.1. The summed E-state index contributed by atoms with van der Waals surface area (Å²) in [5.41, 5.74) is 3.12. The van der Waals surface area contributed by atoms with E-state index >= 15 is 0 Å². The van der Waals surface area contributed by atoms with E-state index in [0.29, 0.717) is 27.7 Å². The number of aliphatic hydroxyl groups excluding tert-OH is 1. The van der Waals surface area contributed by atoms with Crippen LogP contribution in [0.15, 0.2) is 12.3 Å². The average Bonchev–Trinajstić information content (AvgIpc) is 2.42. The zero-order chi connectivity index (χ0) is 15.6. The van der Waals surface area contributed by atoms with Crippen molar-refractivity contribution in [1.82, 2.24) is 9.97 Å². The number of aromatic hydroxyl groups is 1. The largest absolute Gasteiger partial charge is 0.506 e. The number of halogens is 2. The molecule has 2 heterocycles. The topological polar surface area (TPSA) is 78.3 Å². The predicted molar refractivity (Wildman–Crippen MR) is 82.9 cm³/mol. The van der Waals surface area contributed by atoms with E-state index in [4.69, 9.17) is 23.2 Å². The van der Waals surface area contributed by atoms with Crippen LogP contribution in [0.4, 0.5) is 5.69 Å². The standard InChI is InChI=1S/C14H15Cl2N3O2/c1-7-3-11(15)19-14(16)12(7)18-5-10-9(6-20)4-17-8(2)13(10)21/h3-4,18,20-21H,5-6H2,1-2H3. The highest BCUT2D eigenvalue weighted by Gasteiger charge is 2.13. The first-order chi connectivity index (χ1) is 9.93. The Hall–Kier alpha value is -1.56. The molecule has 7 heteroatoms. The molecule has 21 heavy (non-hydrogen) atoms. The molecule has 2 aromatic heterocycles. The quantitative estimate of drug-likeness (QED) is 0.751. The van der Waals surface area contributed by atoms with E-state index in [1.165, 1.54) is 0 Å². The average molecular weight is 328 g/mol. The molecule has 0 spiro atoms. The highest BCUT2D eigenvalue weighted by Crippen LogP contribution is 2.29. The van der Waals surface area contributed by atoms with Crippen molar-refractivity contribution in [3.8, 4) is 5.75 Å². The Morgan fingerprint density at radius 3 is 2.62 bits per heavy atom. The van der Waals surface area contributed by atoms with Gasteiger partial charge in [-0.1, -0.05) is 23.2 Å². The zero-order valence-electron chi connectivity index (χ0n) is 11.6. The lowest BCUT2D eigenvalue weighted by molar-refractivity contribution is 0.279. The Kier molecular flexibility index (Phi) is 4.88. The van der Waals surface area contributed by atoms with Crippen LogP contribution in [0.3, 0.4) is 0 Å². The van der Waals surface area contributed by atoms with E-state index in [9.17, 15) is 10.2 Å². The number of rotatable bonds is 4. The number of nitrogens with zero attached hydrogens (tertiary/aromatic N) is 2. The number of pyridine rings is 2. The second kappa shape index (κ2) is 6.47. The van der Waals surface area contributed by atoms with E-state index in [1.54, 1.807) is 19.2 Å². The maximum Gasteiger partial charge on any atom is 0.154 e. The predicted octanol–water partition coefficient (Wildman–Crippen LogP) is 3.21. The highest BCUT2D eigenvalue weighted by atomic mass is 35.5. The van der Waals surface area contributed by atoms with Gasteiger partial charge in [0, 0.05) is 23.9 Å². The summed E-state index contributed by atoms with van der Waals surface area (Å²) in [4.78, 5) is 7.99. The Bertz CT molecular complexity index is 655.